The van der Waals surface area contributed by atoms with Crippen LogP contribution in [-0.4, -0.2) is 10.8 Å². The molecule has 148 valence electrons. The molecule has 0 spiro atoms. The quantitative estimate of drug-likeness (QED) is 0.348. The highest BCUT2D eigenvalue weighted by Gasteiger charge is 2.28. The van der Waals surface area contributed by atoms with Gasteiger partial charge in [0.1, 0.15) is 17.7 Å². The third-order valence-electron chi connectivity index (χ3n) is 4.82. The van der Waals surface area contributed by atoms with E-state index >= 15 is 0 Å². The molecular weight excluding hydrogens is 567 g/mol. The highest BCUT2D eigenvalue weighted by Crippen LogP contribution is 2.36. The van der Waals surface area contributed by atoms with Crippen LogP contribution in [-0.2, 0) is 0 Å². The van der Waals surface area contributed by atoms with Gasteiger partial charge in [0.2, 0.25) is 0 Å². The van der Waals surface area contributed by atoms with Gasteiger partial charge in [0, 0.05) is 32.7 Å². The molecule has 1 heterocycles. The predicted molar refractivity (Wildman–Crippen MR) is 124 cm³/mol. The van der Waals surface area contributed by atoms with E-state index in [1.165, 1.54) is 6.07 Å². The van der Waals surface area contributed by atoms with Crippen LogP contribution >= 0.6 is 47.8 Å². The Morgan fingerprint density at radius 2 is 1.76 bits per heavy atom. The molecule has 0 radical (unpaired) electrons. The van der Waals surface area contributed by atoms with E-state index in [0.717, 1.165) is 31.3 Å². The normalized spacial score (nSPS) is 19.1. The van der Waals surface area contributed by atoms with Crippen LogP contribution in [0.25, 0.3) is 0 Å². The maximum absolute atomic E-state index is 13.7. The molecule has 0 bridgehead atoms. The van der Waals surface area contributed by atoms with Crippen molar-refractivity contribution < 1.29 is 9.50 Å². The second-order valence-electron chi connectivity index (χ2n) is 6.79. The fourth-order valence-electron chi connectivity index (χ4n) is 3.41. The Hall–Kier alpha value is -1.54. The highest BCUT2D eigenvalue weighted by molar-refractivity contribution is 9.11. The molecule has 0 amide bonds. The SMILES string of the molecule is Oc1ccc(Br)cc1[C@@H]1CC(c2cccc(Br)c2)=N[C@H](c2ccc(F)c(Br)c2)N1. The van der Waals surface area contributed by atoms with Crippen molar-refractivity contribution in [2.45, 2.75) is 18.6 Å². The van der Waals surface area contributed by atoms with E-state index in [1.807, 2.05) is 30.3 Å². The summed E-state index contributed by atoms with van der Waals surface area (Å²) in [6.45, 7) is 0. The van der Waals surface area contributed by atoms with Crippen molar-refractivity contribution >= 4 is 53.5 Å². The summed E-state index contributed by atoms with van der Waals surface area (Å²) >= 11 is 10.3. The van der Waals surface area contributed by atoms with Crippen LogP contribution in [0.1, 0.15) is 35.3 Å². The largest absolute Gasteiger partial charge is 0.508 e. The first-order valence-electron chi connectivity index (χ1n) is 8.93. The molecule has 3 aromatic rings. The molecule has 3 nitrogen and oxygen atoms in total. The van der Waals surface area contributed by atoms with Crippen LogP contribution in [0.15, 0.2) is 79.1 Å². The maximum Gasteiger partial charge on any atom is 0.137 e. The monoisotopic (exact) mass is 580 g/mol. The third kappa shape index (κ3) is 4.63. The number of phenols is 1. The van der Waals surface area contributed by atoms with E-state index in [-0.39, 0.29) is 23.8 Å². The zero-order valence-corrected chi connectivity index (χ0v) is 19.8. The highest BCUT2D eigenvalue weighted by atomic mass is 79.9. The van der Waals surface area contributed by atoms with Gasteiger partial charge >= 0.3 is 0 Å². The van der Waals surface area contributed by atoms with Crippen molar-refractivity contribution in [3.63, 3.8) is 0 Å². The summed E-state index contributed by atoms with van der Waals surface area (Å²) < 4.78 is 16.0. The van der Waals surface area contributed by atoms with E-state index < -0.39 is 0 Å². The third-order valence-corrected chi connectivity index (χ3v) is 6.42. The topological polar surface area (TPSA) is 44.6 Å². The average Bonchev–Trinajstić information content (AvgIpc) is 2.71. The number of aromatic hydroxyl groups is 1. The Morgan fingerprint density at radius 1 is 0.966 bits per heavy atom. The average molecular weight is 583 g/mol. The van der Waals surface area contributed by atoms with Gasteiger partial charge in [0.25, 0.3) is 0 Å². The van der Waals surface area contributed by atoms with Gasteiger partial charge in [0.05, 0.1) is 4.47 Å². The minimum absolute atomic E-state index is 0.159. The first-order valence-corrected chi connectivity index (χ1v) is 11.3. The van der Waals surface area contributed by atoms with Crippen molar-refractivity contribution in [3.05, 3.63) is 96.6 Å². The van der Waals surface area contributed by atoms with Gasteiger partial charge in [-0.15, -0.1) is 0 Å². The summed E-state index contributed by atoms with van der Waals surface area (Å²) in [5, 5.41) is 14.0. The lowest BCUT2D eigenvalue weighted by Crippen LogP contribution is -2.33. The fraction of sp³-hybridized carbons (Fsp3) is 0.136. The molecule has 2 N–H and O–H groups in total. The van der Waals surface area contributed by atoms with E-state index in [4.69, 9.17) is 4.99 Å². The molecule has 0 saturated carbocycles. The number of rotatable bonds is 3. The van der Waals surface area contributed by atoms with Gasteiger partial charge < -0.3 is 5.11 Å². The van der Waals surface area contributed by atoms with Crippen LogP contribution < -0.4 is 5.32 Å². The number of aliphatic imine (C=N–C) groups is 1. The summed E-state index contributed by atoms with van der Waals surface area (Å²) in [5.74, 6) is -0.0952. The number of hydrogen-bond acceptors (Lipinski definition) is 3. The van der Waals surface area contributed by atoms with E-state index in [2.05, 4.69) is 53.1 Å². The smallest absolute Gasteiger partial charge is 0.137 e. The number of halogens is 4. The number of benzene rings is 3. The summed E-state index contributed by atoms with van der Waals surface area (Å²) in [6.07, 6.45) is 0.234. The zero-order valence-electron chi connectivity index (χ0n) is 15.0. The Labute approximate surface area is 193 Å². The summed E-state index contributed by atoms with van der Waals surface area (Å²) in [5.41, 5.74) is 3.55. The maximum atomic E-state index is 13.7. The lowest BCUT2D eigenvalue weighted by atomic mass is 9.93. The van der Waals surface area contributed by atoms with E-state index in [9.17, 15) is 9.50 Å². The van der Waals surface area contributed by atoms with Gasteiger partial charge in [-0.05, 0) is 69.5 Å². The molecule has 7 heteroatoms. The number of hydrogen-bond donors (Lipinski definition) is 2. The van der Waals surface area contributed by atoms with E-state index in [1.54, 1.807) is 24.3 Å². The first-order chi connectivity index (χ1) is 13.9. The van der Waals surface area contributed by atoms with Crippen molar-refractivity contribution in [3.8, 4) is 5.75 Å². The predicted octanol–water partition coefficient (Wildman–Crippen LogP) is 7.04. The van der Waals surface area contributed by atoms with Gasteiger partial charge in [0.15, 0.2) is 0 Å². The van der Waals surface area contributed by atoms with Gasteiger partial charge in [-0.2, -0.15) is 0 Å². The molecular formula is C22H16Br3FN2O. The molecule has 4 rings (SSSR count). The van der Waals surface area contributed by atoms with Crippen LogP contribution in [0.3, 0.4) is 0 Å². The van der Waals surface area contributed by atoms with Crippen molar-refractivity contribution in [1.29, 1.82) is 0 Å². The lowest BCUT2D eigenvalue weighted by molar-refractivity contribution is 0.412. The Kier molecular flexibility index (Phi) is 6.20. The summed E-state index contributed by atoms with van der Waals surface area (Å²) in [6, 6.07) is 18.1. The first kappa shape index (κ1) is 20.7. The number of nitrogens with zero attached hydrogens (tertiary/aromatic N) is 1. The fourth-order valence-corrected chi connectivity index (χ4v) is 4.58. The zero-order chi connectivity index (χ0) is 20.5. The number of nitrogens with one attached hydrogen (secondary N) is 1. The van der Waals surface area contributed by atoms with Gasteiger partial charge in [-0.25, -0.2) is 4.39 Å². The van der Waals surface area contributed by atoms with Crippen LogP contribution in [0.5, 0.6) is 5.75 Å². The molecule has 0 saturated heterocycles. The molecule has 0 unspecified atom stereocenters. The van der Waals surface area contributed by atoms with Crippen molar-refractivity contribution in [1.82, 2.24) is 5.32 Å². The Balaban J connectivity index is 1.79. The summed E-state index contributed by atoms with van der Waals surface area (Å²) in [4.78, 5) is 4.91. The van der Waals surface area contributed by atoms with Crippen LogP contribution in [0.4, 0.5) is 4.39 Å². The Bertz CT molecular complexity index is 1100. The molecule has 0 fully saturated rings. The standard InChI is InChI=1S/C22H16Br3FN2O/c23-14-3-1-2-12(8-14)19-11-20(16-10-15(24)5-7-21(16)29)28-22(27-19)13-4-6-18(26)17(25)9-13/h1-10,20,22,28-29H,11H2/t20-,22-/m0/s1. The van der Waals surface area contributed by atoms with Gasteiger partial charge in [-0.1, -0.05) is 50.1 Å². The van der Waals surface area contributed by atoms with Gasteiger partial charge in [-0.3, -0.25) is 10.3 Å². The van der Waals surface area contributed by atoms with Crippen molar-refractivity contribution in [2.75, 3.05) is 0 Å². The lowest BCUT2D eigenvalue weighted by Gasteiger charge is -2.31. The molecule has 3 aromatic carbocycles. The minimum atomic E-state index is -0.377. The molecule has 0 aromatic heterocycles. The minimum Gasteiger partial charge on any atom is -0.508 e. The van der Waals surface area contributed by atoms with Crippen LogP contribution in [0, 0.1) is 5.82 Å². The second kappa shape index (κ2) is 8.68. The molecule has 2 atom stereocenters. The van der Waals surface area contributed by atoms with E-state index in [0.29, 0.717) is 10.9 Å². The molecule has 29 heavy (non-hydrogen) atoms. The molecule has 0 aliphatic carbocycles. The second-order valence-corrected chi connectivity index (χ2v) is 9.47. The Morgan fingerprint density at radius 3 is 2.52 bits per heavy atom. The number of phenolic OH excluding ortho intramolecular Hbond substituents is 1. The molecule has 1 aliphatic heterocycles. The molecule has 1 aliphatic rings. The van der Waals surface area contributed by atoms with Crippen LogP contribution in [0.2, 0.25) is 0 Å². The summed E-state index contributed by atoms with van der Waals surface area (Å²) in [7, 11) is 0. The van der Waals surface area contributed by atoms with Crippen molar-refractivity contribution in [2.24, 2.45) is 4.99 Å².